The second-order valence-corrected chi connectivity index (χ2v) is 2.19. The van der Waals surface area contributed by atoms with Crippen LogP contribution in [0.1, 0.15) is 13.3 Å². The molecule has 0 saturated carbocycles. The third-order valence-electron chi connectivity index (χ3n) is 1.50. The summed E-state index contributed by atoms with van der Waals surface area (Å²) in [6, 6.07) is 0. The quantitative estimate of drug-likeness (QED) is 0.573. The molecule has 4 heteroatoms. The minimum Gasteiger partial charge on any atom is -0.448 e. The van der Waals surface area contributed by atoms with E-state index < -0.39 is 6.09 Å². The van der Waals surface area contributed by atoms with Crippen LogP contribution >= 0.6 is 0 Å². The van der Waals surface area contributed by atoms with Gasteiger partial charge in [0.15, 0.2) is 0 Å². The first-order valence-electron chi connectivity index (χ1n) is 3.21. The Hall–Kier alpha value is -1.06. The van der Waals surface area contributed by atoms with Crippen molar-refractivity contribution in [2.24, 2.45) is 5.92 Å². The number of alkyl carbamates (subject to hydrolysis) is 1. The van der Waals surface area contributed by atoms with Gasteiger partial charge in [-0.1, -0.05) is 6.92 Å². The number of amides is 2. The molecule has 0 spiro atoms. The molecule has 1 unspecified atom stereocenters. The Kier molecular flexibility index (Phi) is 1.89. The summed E-state index contributed by atoms with van der Waals surface area (Å²) in [6.07, 6.45) is 0.0775. The first-order chi connectivity index (χ1) is 4.74. The van der Waals surface area contributed by atoms with E-state index in [9.17, 15) is 9.59 Å². The first kappa shape index (κ1) is 7.05. The molecule has 1 heterocycles. The smallest absolute Gasteiger partial charge is 0.413 e. The van der Waals surface area contributed by atoms with Crippen molar-refractivity contribution in [2.75, 3.05) is 6.61 Å². The van der Waals surface area contributed by atoms with Crippen molar-refractivity contribution in [2.45, 2.75) is 13.3 Å². The van der Waals surface area contributed by atoms with E-state index in [-0.39, 0.29) is 18.4 Å². The molecule has 56 valence electrons. The van der Waals surface area contributed by atoms with E-state index in [0.717, 1.165) is 0 Å². The van der Waals surface area contributed by atoms with Gasteiger partial charge in [-0.25, -0.2) is 4.79 Å². The highest BCUT2D eigenvalue weighted by Crippen LogP contribution is 2.07. The predicted molar refractivity (Wildman–Crippen MR) is 33.3 cm³/mol. The van der Waals surface area contributed by atoms with E-state index >= 15 is 0 Å². The molecule has 1 atom stereocenters. The van der Waals surface area contributed by atoms with Gasteiger partial charge in [0.2, 0.25) is 5.91 Å². The van der Waals surface area contributed by atoms with Crippen LogP contribution in [0.15, 0.2) is 0 Å². The zero-order chi connectivity index (χ0) is 7.56. The van der Waals surface area contributed by atoms with Crippen molar-refractivity contribution in [3.63, 3.8) is 0 Å². The van der Waals surface area contributed by atoms with Crippen molar-refractivity contribution in [3.05, 3.63) is 0 Å². The maximum atomic E-state index is 10.8. The molecule has 0 aliphatic carbocycles. The number of imide groups is 1. The molecule has 0 aromatic carbocycles. The van der Waals surface area contributed by atoms with Gasteiger partial charge in [0.25, 0.3) is 0 Å². The van der Waals surface area contributed by atoms with Crippen molar-refractivity contribution < 1.29 is 14.3 Å². The third-order valence-corrected chi connectivity index (χ3v) is 1.50. The first-order valence-corrected chi connectivity index (χ1v) is 3.21. The number of cyclic esters (lactones) is 1. The summed E-state index contributed by atoms with van der Waals surface area (Å²) in [5.74, 6) is -0.378. The molecular weight excluding hydrogens is 134 g/mol. The maximum Gasteiger partial charge on any atom is 0.413 e. The van der Waals surface area contributed by atoms with Gasteiger partial charge < -0.3 is 4.74 Å². The molecule has 1 saturated heterocycles. The number of carbonyl (C=O) groups excluding carboxylic acids is 2. The van der Waals surface area contributed by atoms with Gasteiger partial charge in [-0.3, -0.25) is 10.1 Å². The summed E-state index contributed by atoms with van der Waals surface area (Å²) in [5, 5.41) is 2.08. The summed E-state index contributed by atoms with van der Waals surface area (Å²) in [6.45, 7) is 2.10. The van der Waals surface area contributed by atoms with Gasteiger partial charge in [0.05, 0.1) is 5.92 Å². The molecular formula is C6H9NO3. The minimum absolute atomic E-state index is 0.155. The fraction of sp³-hybridized carbons (Fsp3) is 0.667. The number of hydrogen-bond donors (Lipinski definition) is 1. The lowest BCUT2D eigenvalue weighted by Gasteiger charge is -2.19. The van der Waals surface area contributed by atoms with E-state index in [2.05, 4.69) is 10.1 Å². The van der Waals surface area contributed by atoms with Crippen molar-refractivity contribution in [3.8, 4) is 0 Å². The van der Waals surface area contributed by atoms with Crippen molar-refractivity contribution >= 4 is 12.0 Å². The largest absolute Gasteiger partial charge is 0.448 e. The lowest BCUT2D eigenvalue weighted by Crippen LogP contribution is -2.43. The van der Waals surface area contributed by atoms with Gasteiger partial charge in [-0.15, -0.1) is 0 Å². The van der Waals surface area contributed by atoms with Crippen LogP contribution in [0.4, 0.5) is 4.79 Å². The standard InChI is InChI=1S/C6H9NO3/c1-2-4-3-10-6(9)7-5(4)8/h4H,2-3H2,1H3,(H,7,8,9). The van der Waals surface area contributed by atoms with Gasteiger partial charge in [0, 0.05) is 0 Å². The van der Waals surface area contributed by atoms with E-state index in [0.29, 0.717) is 6.42 Å². The molecule has 1 aliphatic rings. The van der Waals surface area contributed by atoms with Crippen LogP contribution in [0, 0.1) is 5.92 Å². The average molecular weight is 143 g/mol. The lowest BCUT2D eigenvalue weighted by molar-refractivity contribution is -0.128. The van der Waals surface area contributed by atoms with Gasteiger partial charge in [0.1, 0.15) is 6.61 Å². The van der Waals surface area contributed by atoms with Crippen LogP contribution in [0.2, 0.25) is 0 Å². The van der Waals surface area contributed by atoms with Crippen LogP contribution in [-0.4, -0.2) is 18.6 Å². The number of hydrogen-bond acceptors (Lipinski definition) is 3. The Morgan fingerprint density at radius 3 is 2.90 bits per heavy atom. The summed E-state index contributed by atoms with van der Waals surface area (Å²) in [7, 11) is 0. The van der Waals surface area contributed by atoms with E-state index in [1.165, 1.54) is 0 Å². The summed E-state index contributed by atoms with van der Waals surface area (Å²) in [5.41, 5.74) is 0. The Balaban J connectivity index is 2.51. The Morgan fingerprint density at radius 1 is 1.70 bits per heavy atom. The molecule has 2 amide bonds. The van der Waals surface area contributed by atoms with E-state index in [1.807, 2.05) is 6.92 Å². The van der Waals surface area contributed by atoms with Crippen LogP contribution in [0.3, 0.4) is 0 Å². The van der Waals surface area contributed by atoms with Crippen LogP contribution < -0.4 is 5.32 Å². The molecule has 1 fully saturated rings. The van der Waals surface area contributed by atoms with E-state index in [1.54, 1.807) is 0 Å². The van der Waals surface area contributed by atoms with Gasteiger partial charge in [-0.05, 0) is 6.42 Å². The lowest BCUT2D eigenvalue weighted by atomic mass is 10.1. The van der Waals surface area contributed by atoms with Crippen LogP contribution in [0.25, 0.3) is 0 Å². The molecule has 0 aromatic rings. The maximum absolute atomic E-state index is 10.8. The number of carbonyl (C=O) groups is 2. The number of nitrogens with one attached hydrogen (secondary N) is 1. The molecule has 1 rings (SSSR count). The third kappa shape index (κ3) is 1.26. The normalized spacial score (nSPS) is 25.5. The van der Waals surface area contributed by atoms with Crippen molar-refractivity contribution in [1.82, 2.24) is 5.32 Å². The fourth-order valence-corrected chi connectivity index (χ4v) is 0.794. The molecule has 10 heavy (non-hydrogen) atoms. The molecule has 4 nitrogen and oxygen atoms in total. The Morgan fingerprint density at radius 2 is 2.40 bits per heavy atom. The topological polar surface area (TPSA) is 55.4 Å². The molecule has 0 bridgehead atoms. The van der Waals surface area contributed by atoms with E-state index in [4.69, 9.17) is 0 Å². The van der Waals surface area contributed by atoms with Gasteiger partial charge in [-0.2, -0.15) is 0 Å². The highest BCUT2D eigenvalue weighted by Gasteiger charge is 2.25. The zero-order valence-electron chi connectivity index (χ0n) is 5.72. The molecule has 1 aliphatic heterocycles. The zero-order valence-corrected chi connectivity index (χ0v) is 5.72. The van der Waals surface area contributed by atoms with Crippen LogP contribution in [0.5, 0.6) is 0 Å². The summed E-state index contributed by atoms with van der Waals surface area (Å²) >= 11 is 0. The highest BCUT2D eigenvalue weighted by atomic mass is 16.6. The summed E-state index contributed by atoms with van der Waals surface area (Å²) in [4.78, 5) is 21.2. The summed E-state index contributed by atoms with van der Waals surface area (Å²) < 4.78 is 4.58. The number of rotatable bonds is 1. The van der Waals surface area contributed by atoms with Crippen LogP contribution in [-0.2, 0) is 9.53 Å². The molecule has 0 radical (unpaired) electrons. The number of ether oxygens (including phenoxy) is 1. The predicted octanol–water partition coefficient (Wildman–Crippen LogP) is 0.279. The average Bonchev–Trinajstić information content (AvgIpc) is 1.88. The Bertz CT molecular complexity index is 166. The van der Waals surface area contributed by atoms with Gasteiger partial charge >= 0.3 is 6.09 Å². The SMILES string of the molecule is CCC1COC(=O)NC1=O. The fourth-order valence-electron chi connectivity index (χ4n) is 0.794. The Labute approximate surface area is 58.5 Å². The second kappa shape index (κ2) is 2.68. The molecule has 0 aromatic heterocycles. The minimum atomic E-state index is -0.630. The monoisotopic (exact) mass is 143 g/mol. The van der Waals surface area contributed by atoms with Crippen molar-refractivity contribution in [1.29, 1.82) is 0 Å². The highest BCUT2D eigenvalue weighted by molar-refractivity contribution is 5.94. The second-order valence-electron chi connectivity index (χ2n) is 2.19. The molecule has 1 N–H and O–H groups in total.